The number of halogens is 1. The number of anilines is 1. The second-order valence-electron chi connectivity index (χ2n) is 15.6. The zero-order valence-electron chi connectivity index (χ0n) is 40.7. The first-order valence-corrected chi connectivity index (χ1v) is 22.5. The zero-order valence-corrected chi connectivity index (χ0v) is 41.5. The molecule has 19 nitrogen and oxygen atoms in total. The molecule has 6 aromatic carbocycles. The fourth-order valence-electron chi connectivity index (χ4n) is 6.80. The Morgan fingerprint density at radius 2 is 0.920 bits per heavy atom. The van der Waals surface area contributed by atoms with E-state index in [0.29, 0.717) is 10.6 Å². The van der Waals surface area contributed by atoms with E-state index in [-0.39, 0.29) is 84.7 Å². The van der Waals surface area contributed by atoms with Crippen LogP contribution in [0.5, 0.6) is 28.9 Å². The van der Waals surface area contributed by atoms with Gasteiger partial charge in [-0.15, -0.1) is 0 Å². The second-order valence-corrected chi connectivity index (χ2v) is 16.1. The van der Waals surface area contributed by atoms with E-state index in [1.165, 1.54) is 91.9 Å². The van der Waals surface area contributed by atoms with Crippen LogP contribution in [0.15, 0.2) is 138 Å². The molecule has 7 aromatic rings. The highest BCUT2D eigenvalue weighted by Crippen LogP contribution is 2.28. The van der Waals surface area contributed by atoms with Gasteiger partial charge in [-0.05, 0) is 107 Å². The minimum Gasteiger partial charge on any atom is -0.507 e. The van der Waals surface area contributed by atoms with Crippen molar-refractivity contribution in [1.29, 1.82) is 0 Å². The van der Waals surface area contributed by atoms with Gasteiger partial charge in [0.1, 0.15) is 34.1 Å². The van der Waals surface area contributed by atoms with Crippen molar-refractivity contribution in [2.45, 2.75) is 34.6 Å². The molecule has 0 amide bonds. The molecule has 75 heavy (non-hydrogen) atoms. The zero-order chi connectivity index (χ0) is 56.3. The van der Waals surface area contributed by atoms with E-state index in [2.05, 4.69) is 4.98 Å². The van der Waals surface area contributed by atoms with Crippen molar-refractivity contribution in [3.63, 3.8) is 0 Å². The molecule has 0 aliphatic rings. The van der Waals surface area contributed by atoms with E-state index < -0.39 is 41.0 Å². The van der Waals surface area contributed by atoms with Gasteiger partial charge < -0.3 is 50.9 Å². The molecule has 0 saturated heterocycles. The summed E-state index contributed by atoms with van der Waals surface area (Å²) >= 11 is 5.49. The van der Waals surface area contributed by atoms with Gasteiger partial charge in [0.25, 0.3) is 5.56 Å². The van der Waals surface area contributed by atoms with E-state index in [9.17, 15) is 53.7 Å². The third-order valence-corrected chi connectivity index (χ3v) is 10.7. The predicted molar refractivity (Wildman–Crippen MR) is 277 cm³/mol. The molecule has 0 atom stereocenters. The topological polar surface area (TPSA) is 338 Å². The molecular formula is C55H51ClN2O17. The summed E-state index contributed by atoms with van der Waals surface area (Å²) in [5.41, 5.74) is 1.81. The summed E-state index contributed by atoms with van der Waals surface area (Å²) in [4.78, 5) is 93.7. The van der Waals surface area contributed by atoms with Crippen LogP contribution in [0.3, 0.4) is 0 Å². The summed E-state index contributed by atoms with van der Waals surface area (Å²) in [6, 6.07) is 32.3. The highest BCUT2D eigenvalue weighted by molar-refractivity contribution is 6.31. The van der Waals surface area contributed by atoms with E-state index in [1.54, 1.807) is 62.4 Å². The van der Waals surface area contributed by atoms with Crippen LogP contribution in [-0.2, 0) is 0 Å². The Kier molecular flexibility index (Phi) is 22.0. The number of benzene rings is 6. The minimum atomic E-state index is -1.19. The van der Waals surface area contributed by atoms with Crippen LogP contribution in [0.1, 0.15) is 116 Å². The number of nitrogens with one attached hydrogen (secondary N) is 1. The van der Waals surface area contributed by atoms with Crippen molar-refractivity contribution < 1.29 is 79.5 Å². The summed E-state index contributed by atoms with van der Waals surface area (Å²) in [6.07, 6.45) is 0. The Bertz CT molecular complexity index is 3280. The third kappa shape index (κ3) is 16.7. The van der Waals surface area contributed by atoms with E-state index in [4.69, 9.17) is 42.2 Å². The molecule has 1 aromatic heterocycles. The van der Waals surface area contributed by atoms with Crippen LogP contribution < -0.4 is 10.5 Å². The smallest absolute Gasteiger partial charge is 0.339 e. The number of aromatic carboxylic acids is 4. The van der Waals surface area contributed by atoms with Gasteiger partial charge in [0, 0.05) is 47.1 Å². The number of hydrogen-bond acceptors (Lipinski definition) is 14. The summed E-state index contributed by atoms with van der Waals surface area (Å²) in [5, 5.41) is 82.4. The second kappa shape index (κ2) is 27.7. The Labute approximate surface area is 433 Å². The number of carbonyl (C=O) groups is 7. The van der Waals surface area contributed by atoms with E-state index in [0.717, 1.165) is 24.3 Å². The lowest BCUT2D eigenvalue weighted by atomic mass is 9.97. The highest BCUT2D eigenvalue weighted by atomic mass is 35.5. The number of rotatable bonds is 12. The number of ketones is 3. The van der Waals surface area contributed by atoms with Crippen LogP contribution in [-0.4, -0.2) is 105 Å². The number of carbonyl (C=O) groups excluding carboxylic acids is 3. The van der Waals surface area contributed by atoms with Gasteiger partial charge in [-0.25, -0.2) is 19.2 Å². The van der Waals surface area contributed by atoms with Crippen LogP contribution in [0.2, 0.25) is 5.02 Å². The molecule has 0 bridgehead atoms. The Balaban J connectivity index is 0.000000257. The molecule has 10 N–H and O–H groups in total. The quantitative estimate of drug-likeness (QED) is 0.0509. The number of para-hydroxylation sites is 1. The minimum absolute atomic E-state index is 0.0610. The van der Waals surface area contributed by atoms with Gasteiger partial charge in [-0.1, -0.05) is 71.8 Å². The first-order valence-electron chi connectivity index (χ1n) is 22.1. The van der Waals surface area contributed by atoms with Crippen molar-refractivity contribution in [1.82, 2.24) is 4.98 Å². The summed E-state index contributed by atoms with van der Waals surface area (Å²) < 4.78 is 0. The molecule has 0 unspecified atom stereocenters. The molecular weight excluding hydrogens is 996 g/mol. The average molecular weight is 1050 g/mol. The van der Waals surface area contributed by atoms with E-state index >= 15 is 0 Å². The summed E-state index contributed by atoms with van der Waals surface area (Å²) in [7, 11) is 0. The van der Waals surface area contributed by atoms with Crippen LogP contribution in [0.4, 0.5) is 5.69 Å². The number of Topliss-reactive ketones (excluding diaryl/α,β-unsaturated/α-hetero) is 1. The molecule has 0 saturated carbocycles. The van der Waals surface area contributed by atoms with Crippen molar-refractivity contribution >= 4 is 58.5 Å². The molecule has 0 fully saturated rings. The van der Waals surface area contributed by atoms with Crippen molar-refractivity contribution in [2.75, 3.05) is 18.0 Å². The molecule has 0 spiro atoms. The van der Waals surface area contributed by atoms with Crippen LogP contribution in [0, 0.1) is 13.8 Å². The monoisotopic (exact) mass is 1050 g/mol. The fraction of sp³-hybridized carbons (Fsp3) is 0.127. The number of hydrogen-bond donors (Lipinski definition) is 10. The molecule has 1 heterocycles. The number of phenols is 4. The van der Waals surface area contributed by atoms with Crippen molar-refractivity contribution in [2.24, 2.45) is 0 Å². The predicted octanol–water partition coefficient (Wildman–Crippen LogP) is 9.22. The summed E-state index contributed by atoms with van der Waals surface area (Å²) in [6.45, 7) is 10.3. The molecule has 390 valence electrons. The fourth-order valence-corrected chi connectivity index (χ4v) is 6.98. The number of aromatic amines is 1. The van der Waals surface area contributed by atoms with Gasteiger partial charge >= 0.3 is 23.9 Å². The van der Waals surface area contributed by atoms with Crippen LogP contribution in [0.25, 0.3) is 0 Å². The number of pyridine rings is 1. The number of carboxylic acid groups (broad SMARTS) is 4. The largest absolute Gasteiger partial charge is 0.507 e. The normalized spacial score (nSPS) is 9.95. The number of aromatic nitrogens is 1. The lowest BCUT2D eigenvalue weighted by Crippen LogP contribution is -2.21. The summed E-state index contributed by atoms with van der Waals surface area (Å²) in [5.74, 6) is -7.06. The first kappa shape index (κ1) is 59.6. The standard InChI is InChI=1S/C18H19NO4.C15H12O4.C8H9NO3.C7H5ClO3.C7H6O3/c1-3-19(4-2)12-9-10-15(16(20)11-12)17(21)13-7-5-6-8-14(13)18(22)23;1-9-6-7-13(16)12(8-9)14(17)10-4-2-3-5-11(10)15(18)19;1-4-3-6(11)9-8(12)7(4)5(2)10;8-4-1-2-6(9)5(3-4)7(10)11;8-6-4-2-1-3-5(6)7(9)10/h5-11,20H,3-4H2,1-2H3,(H,22,23);2-8,16H,1H3,(H,18,19);3H,1-2H3,(H2,9,11,12);1-3,9H,(H,10,11);1-4,8H,(H,9,10). The number of nitrogens with zero attached hydrogens (tertiary/aromatic N) is 1. The molecule has 0 radical (unpaired) electrons. The van der Waals surface area contributed by atoms with Gasteiger partial charge in [-0.2, -0.15) is 0 Å². The maximum Gasteiger partial charge on any atom is 0.339 e. The number of H-pyrrole nitrogens is 1. The van der Waals surface area contributed by atoms with Gasteiger partial charge in [0.2, 0.25) is 5.88 Å². The third-order valence-electron chi connectivity index (χ3n) is 10.5. The maximum absolute atomic E-state index is 12.6. The lowest BCUT2D eigenvalue weighted by Gasteiger charge is -2.21. The number of aryl methyl sites for hydroxylation is 2. The SMILES string of the molecule is CC(=O)c1c(C)cc(=O)[nH]c1O.CCN(CC)c1ccc(C(=O)c2ccccc2C(=O)O)c(O)c1.Cc1ccc(O)c(C(=O)c2ccccc2C(=O)O)c1.O=C(O)c1cc(Cl)ccc1O.O=C(O)c1ccccc1O. The van der Waals surface area contributed by atoms with E-state index in [1.807, 2.05) is 18.7 Å². The maximum atomic E-state index is 12.6. The highest BCUT2D eigenvalue weighted by Gasteiger charge is 2.22. The Morgan fingerprint density at radius 3 is 1.35 bits per heavy atom. The Morgan fingerprint density at radius 1 is 0.480 bits per heavy atom. The number of phenolic OH excluding ortho intramolecular Hbond substituents is 2. The lowest BCUT2D eigenvalue weighted by molar-refractivity contribution is 0.0682. The molecule has 0 aliphatic carbocycles. The van der Waals surface area contributed by atoms with Gasteiger partial charge in [0.15, 0.2) is 17.3 Å². The van der Waals surface area contributed by atoms with Gasteiger partial charge in [0.05, 0.1) is 27.8 Å². The van der Waals surface area contributed by atoms with Gasteiger partial charge in [-0.3, -0.25) is 24.2 Å². The Hall–Kier alpha value is -9.75. The molecule has 0 aliphatic heterocycles. The van der Waals surface area contributed by atoms with Crippen molar-refractivity contribution in [3.05, 3.63) is 210 Å². The number of carboxylic acids is 4. The van der Waals surface area contributed by atoms with Crippen LogP contribution >= 0.6 is 11.6 Å². The average Bonchev–Trinajstić information content (AvgIpc) is 3.35. The molecule has 20 heteroatoms. The number of aromatic hydroxyl groups is 5. The molecule has 7 rings (SSSR count). The first-order chi connectivity index (χ1) is 35.3. The van der Waals surface area contributed by atoms with Crippen molar-refractivity contribution in [3.8, 4) is 28.9 Å².